The number of benzene rings is 1. The molecule has 0 aromatic heterocycles. The highest BCUT2D eigenvalue weighted by molar-refractivity contribution is 6.17. The third-order valence-corrected chi connectivity index (χ3v) is 3.29. The number of hydrogen-bond donors (Lipinski definition) is 1. The number of piperazine rings is 1. The van der Waals surface area contributed by atoms with Gasteiger partial charge in [-0.1, -0.05) is 12.1 Å². The maximum Gasteiger partial charge on any atom is 0.407 e. The van der Waals surface area contributed by atoms with Gasteiger partial charge >= 0.3 is 6.09 Å². The van der Waals surface area contributed by atoms with Crippen molar-refractivity contribution < 1.29 is 9.90 Å². The highest BCUT2D eigenvalue weighted by Gasteiger charge is 2.20. The molecule has 1 aromatic carbocycles. The van der Waals surface area contributed by atoms with Crippen molar-refractivity contribution in [2.75, 3.05) is 31.1 Å². The molecule has 1 aliphatic heterocycles. The molecule has 0 saturated carbocycles. The normalized spacial score (nSPS) is 16.1. The number of rotatable bonds is 2. The Morgan fingerprint density at radius 3 is 2.59 bits per heavy atom. The molecule has 1 fully saturated rings. The van der Waals surface area contributed by atoms with Crippen LogP contribution in [0, 0.1) is 0 Å². The van der Waals surface area contributed by atoms with Crippen LogP contribution in [0.4, 0.5) is 10.5 Å². The van der Waals surface area contributed by atoms with Crippen molar-refractivity contribution in [3.8, 4) is 0 Å². The molecule has 0 bridgehead atoms. The molecule has 1 amide bonds. The molecule has 1 heterocycles. The van der Waals surface area contributed by atoms with Crippen LogP contribution in [0.1, 0.15) is 5.56 Å². The topological polar surface area (TPSA) is 43.8 Å². The Morgan fingerprint density at radius 1 is 1.29 bits per heavy atom. The van der Waals surface area contributed by atoms with Crippen LogP contribution in [0.3, 0.4) is 0 Å². The first-order valence-electron chi connectivity index (χ1n) is 5.58. The van der Waals surface area contributed by atoms with Gasteiger partial charge in [-0.2, -0.15) is 0 Å². The van der Waals surface area contributed by atoms with Gasteiger partial charge in [-0.3, -0.25) is 0 Å². The Bertz CT molecular complexity index is 403. The van der Waals surface area contributed by atoms with Crippen molar-refractivity contribution in [2.24, 2.45) is 0 Å². The molecule has 1 aromatic rings. The lowest BCUT2D eigenvalue weighted by molar-refractivity contribution is 0.142. The molecule has 5 heteroatoms. The van der Waals surface area contributed by atoms with Crippen LogP contribution in [0.5, 0.6) is 0 Å². The third kappa shape index (κ3) is 2.82. The van der Waals surface area contributed by atoms with Crippen LogP contribution in [0.25, 0.3) is 0 Å². The first-order chi connectivity index (χ1) is 8.20. The second kappa shape index (κ2) is 5.27. The van der Waals surface area contributed by atoms with E-state index < -0.39 is 6.09 Å². The van der Waals surface area contributed by atoms with Crippen LogP contribution in [0.15, 0.2) is 24.3 Å². The van der Waals surface area contributed by atoms with Gasteiger partial charge in [-0.25, -0.2) is 4.79 Å². The van der Waals surface area contributed by atoms with Gasteiger partial charge < -0.3 is 14.9 Å². The summed E-state index contributed by atoms with van der Waals surface area (Å²) in [4.78, 5) is 14.4. The monoisotopic (exact) mass is 254 g/mol. The van der Waals surface area contributed by atoms with E-state index in [2.05, 4.69) is 11.0 Å². The van der Waals surface area contributed by atoms with Crippen molar-refractivity contribution in [2.45, 2.75) is 5.88 Å². The van der Waals surface area contributed by atoms with E-state index in [0.717, 1.165) is 24.3 Å². The maximum absolute atomic E-state index is 10.8. The molecule has 17 heavy (non-hydrogen) atoms. The van der Waals surface area contributed by atoms with Gasteiger partial charge in [0.15, 0.2) is 0 Å². The Morgan fingerprint density at radius 2 is 2.00 bits per heavy atom. The van der Waals surface area contributed by atoms with E-state index in [4.69, 9.17) is 16.7 Å². The zero-order valence-electron chi connectivity index (χ0n) is 9.47. The SMILES string of the molecule is O=C(O)N1CCN(c2cccc(CCl)c2)CC1. The number of carboxylic acid groups (broad SMARTS) is 1. The Kier molecular flexibility index (Phi) is 3.74. The smallest absolute Gasteiger partial charge is 0.407 e. The van der Waals surface area contributed by atoms with Gasteiger partial charge in [-0.05, 0) is 17.7 Å². The second-order valence-corrected chi connectivity index (χ2v) is 4.33. The fourth-order valence-corrected chi connectivity index (χ4v) is 2.16. The fourth-order valence-electron chi connectivity index (χ4n) is 1.99. The molecule has 2 rings (SSSR count). The number of hydrogen-bond acceptors (Lipinski definition) is 2. The molecular weight excluding hydrogens is 240 g/mol. The van der Waals surface area contributed by atoms with E-state index in [-0.39, 0.29) is 0 Å². The van der Waals surface area contributed by atoms with Gasteiger partial charge in [0.25, 0.3) is 0 Å². The fraction of sp³-hybridized carbons (Fsp3) is 0.417. The van der Waals surface area contributed by atoms with E-state index in [1.165, 1.54) is 4.90 Å². The average Bonchev–Trinajstić information content (AvgIpc) is 2.39. The molecule has 0 spiro atoms. The van der Waals surface area contributed by atoms with E-state index in [1.54, 1.807) is 0 Å². The number of amides is 1. The van der Waals surface area contributed by atoms with Crippen LogP contribution >= 0.6 is 11.6 Å². The summed E-state index contributed by atoms with van der Waals surface area (Å²) in [5.41, 5.74) is 2.21. The lowest BCUT2D eigenvalue weighted by atomic mass is 10.2. The summed E-state index contributed by atoms with van der Waals surface area (Å²) in [7, 11) is 0. The molecule has 0 radical (unpaired) electrons. The Hall–Kier alpha value is -1.42. The minimum Gasteiger partial charge on any atom is -0.465 e. The van der Waals surface area contributed by atoms with Crippen molar-refractivity contribution in [1.29, 1.82) is 0 Å². The van der Waals surface area contributed by atoms with E-state index >= 15 is 0 Å². The predicted octanol–water partition coefficient (Wildman–Crippen LogP) is 2.23. The maximum atomic E-state index is 10.8. The van der Waals surface area contributed by atoms with E-state index in [1.807, 2.05) is 18.2 Å². The van der Waals surface area contributed by atoms with Crippen molar-refractivity contribution >= 4 is 23.4 Å². The Labute approximate surface area is 105 Å². The van der Waals surface area contributed by atoms with Crippen molar-refractivity contribution in [3.63, 3.8) is 0 Å². The standard InChI is InChI=1S/C12H15ClN2O2/c13-9-10-2-1-3-11(8-10)14-4-6-15(7-5-14)12(16)17/h1-3,8H,4-7,9H2,(H,16,17). The zero-order chi connectivity index (χ0) is 12.3. The summed E-state index contributed by atoms with van der Waals surface area (Å²) >= 11 is 5.80. The van der Waals surface area contributed by atoms with Crippen molar-refractivity contribution in [3.05, 3.63) is 29.8 Å². The minimum absolute atomic E-state index is 0.503. The number of alkyl halides is 1. The highest BCUT2D eigenvalue weighted by atomic mass is 35.5. The third-order valence-electron chi connectivity index (χ3n) is 2.98. The predicted molar refractivity (Wildman–Crippen MR) is 67.8 cm³/mol. The number of nitrogens with zero attached hydrogens (tertiary/aromatic N) is 2. The number of halogens is 1. The van der Waals surface area contributed by atoms with Gasteiger partial charge in [0.1, 0.15) is 0 Å². The molecule has 0 aliphatic carbocycles. The lowest BCUT2D eigenvalue weighted by Crippen LogP contribution is -2.48. The van der Waals surface area contributed by atoms with Crippen molar-refractivity contribution in [1.82, 2.24) is 4.90 Å². The Balaban J connectivity index is 2.02. The first kappa shape index (κ1) is 12.0. The summed E-state index contributed by atoms with van der Waals surface area (Å²) in [5.74, 6) is 0.503. The molecule has 0 atom stereocenters. The van der Waals surface area contributed by atoms with Crippen LogP contribution in [-0.2, 0) is 5.88 Å². The quantitative estimate of drug-likeness (QED) is 0.823. The average molecular weight is 255 g/mol. The molecule has 1 N–H and O–H groups in total. The minimum atomic E-state index is -0.834. The first-order valence-corrected chi connectivity index (χ1v) is 6.12. The number of carbonyl (C=O) groups is 1. The summed E-state index contributed by atoms with van der Waals surface area (Å²) in [6, 6.07) is 8.07. The second-order valence-electron chi connectivity index (χ2n) is 4.06. The van der Waals surface area contributed by atoms with Gasteiger partial charge in [0.2, 0.25) is 0 Å². The van der Waals surface area contributed by atoms with Gasteiger partial charge in [0.05, 0.1) is 0 Å². The molecule has 1 aliphatic rings. The van der Waals surface area contributed by atoms with Gasteiger partial charge in [-0.15, -0.1) is 11.6 Å². The van der Waals surface area contributed by atoms with Gasteiger partial charge in [0, 0.05) is 37.7 Å². The molecule has 0 unspecified atom stereocenters. The molecule has 4 nitrogen and oxygen atoms in total. The summed E-state index contributed by atoms with van der Waals surface area (Å²) in [6.45, 7) is 2.58. The molecule has 1 saturated heterocycles. The summed E-state index contributed by atoms with van der Waals surface area (Å²) in [5, 5.41) is 8.87. The van der Waals surface area contributed by atoms with E-state index in [0.29, 0.717) is 19.0 Å². The molecule has 92 valence electrons. The molecular formula is C12H15ClN2O2. The van der Waals surface area contributed by atoms with Crippen LogP contribution < -0.4 is 4.90 Å². The summed E-state index contributed by atoms with van der Waals surface area (Å²) < 4.78 is 0. The summed E-state index contributed by atoms with van der Waals surface area (Å²) in [6.07, 6.45) is -0.834. The van der Waals surface area contributed by atoms with E-state index in [9.17, 15) is 4.79 Å². The zero-order valence-corrected chi connectivity index (χ0v) is 10.2. The largest absolute Gasteiger partial charge is 0.465 e. The highest BCUT2D eigenvalue weighted by Crippen LogP contribution is 2.19. The number of anilines is 1. The lowest BCUT2D eigenvalue weighted by Gasteiger charge is -2.34. The van der Waals surface area contributed by atoms with Crippen LogP contribution in [-0.4, -0.2) is 42.3 Å². The van der Waals surface area contributed by atoms with Crippen LogP contribution in [0.2, 0.25) is 0 Å².